The van der Waals surface area contributed by atoms with Crippen LogP contribution in [0.4, 0.5) is 35.1 Å². The second-order valence-corrected chi connectivity index (χ2v) is 15.6. The summed E-state index contributed by atoms with van der Waals surface area (Å²) in [5, 5.41) is 13.0. The Labute approximate surface area is 246 Å². The average molecular weight is 679 g/mol. The smallest absolute Gasteiger partial charge is 0.379 e. The minimum atomic E-state index is -6.47. The zero-order valence-corrected chi connectivity index (χ0v) is 24.6. The lowest BCUT2D eigenvalue weighted by atomic mass is 9.76. The fourth-order valence-electron chi connectivity index (χ4n) is 6.24. The fourth-order valence-corrected chi connectivity index (χ4v) is 9.85. The maximum Gasteiger partial charge on any atom is 0.437 e. The molecule has 0 radical (unpaired) electrons. The van der Waals surface area contributed by atoms with Crippen molar-refractivity contribution in [2.45, 2.75) is 71.9 Å². The molecular formula is C26H26F8N2O6S2. The molecule has 2 N–H and O–H groups in total. The lowest BCUT2D eigenvalue weighted by Gasteiger charge is -2.42. The molecule has 0 saturated heterocycles. The third-order valence-electron chi connectivity index (χ3n) is 8.12. The topological polar surface area (TPSA) is 130 Å². The van der Waals surface area contributed by atoms with Crippen molar-refractivity contribution in [1.82, 2.24) is 10.3 Å². The van der Waals surface area contributed by atoms with Crippen LogP contribution in [-0.2, 0) is 41.3 Å². The fraction of sp³-hybridized carbons (Fsp3) is 0.538. The number of alkyl halides is 7. The Morgan fingerprint density at radius 1 is 0.977 bits per heavy atom. The number of carbonyl (C=O) groups is 1. The van der Waals surface area contributed by atoms with Gasteiger partial charge >= 0.3 is 18.0 Å². The van der Waals surface area contributed by atoms with Gasteiger partial charge in [0.15, 0.2) is 25.3 Å². The Hall–Kier alpha value is -2.86. The van der Waals surface area contributed by atoms with E-state index in [0.29, 0.717) is 6.07 Å². The van der Waals surface area contributed by atoms with Gasteiger partial charge in [-0.05, 0) is 68.5 Å². The standard InChI is InChI=1S/C26H26F8N2O6S2/c1-22(38,13-43(2,39)40)21(37)36-19-11-12-23(44(41,42)15-5-3-14(27)4-6-15)16(19)7-9-18-17(23)8-10-20(35-18)24(28,25(29,30)31)26(32,33)34/h3-6,8,10,16,19,38H,7,9,11-13H2,1-2H3,(H,36,37)/t16-,19+,22-,23-/m0/s1. The molecule has 1 saturated carbocycles. The third kappa shape index (κ3) is 5.46. The van der Waals surface area contributed by atoms with Crippen molar-refractivity contribution in [2.75, 3.05) is 12.0 Å². The summed E-state index contributed by atoms with van der Waals surface area (Å²) in [5.41, 5.74) is -11.2. The number of aliphatic hydroxyl groups is 1. The number of sulfone groups is 2. The molecule has 1 aromatic carbocycles. The summed E-state index contributed by atoms with van der Waals surface area (Å²) in [5.74, 6) is -4.09. The number of amides is 1. The Morgan fingerprint density at radius 2 is 1.55 bits per heavy atom. The normalized spacial score (nSPS) is 24.2. The highest BCUT2D eigenvalue weighted by molar-refractivity contribution is 7.92. The molecule has 4 atom stereocenters. The van der Waals surface area contributed by atoms with Crippen molar-refractivity contribution >= 4 is 25.6 Å². The highest BCUT2D eigenvalue weighted by Crippen LogP contribution is 2.58. The van der Waals surface area contributed by atoms with E-state index in [9.17, 15) is 61.9 Å². The maximum absolute atomic E-state index is 14.9. The van der Waals surface area contributed by atoms with Crippen LogP contribution in [0.15, 0.2) is 41.3 Å². The summed E-state index contributed by atoms with van der Waals surface area (Å²) in [6.45, 7) is 0.924. The molecule has 2 aliphatic carbocycles. The lowest BCUT2D eigenvalue weighted by molar-refractivity contribution is -0.350. The number of fused-ring (bicyclic) bond motifs is 3. The molecule has 0 spiro atoms. The highest BCUT2D eigenvalue weighted by atomic mass is 32.2. The molecule has 2 aromatic rings. The highest BCUT2D eigenvalue weighted by Gasteiger charge is 2.75. The number of rotatable bonds is 7. The number of aromatic nitrogens is 1. The van der Waals surface area contributed by atoms with E-state index in [0.717, 1.165) is 37.4 Å². The SMILES string of the molecule is C[C@](O)(CS(C)(=O)=O)C(=O)N[C@@H]1CC[C@@]2(S(=O)(=O)c3ccc(F)cc3)c3ccc(C(F)(C(F)(F)F)C(F)(F)F)nc3CC[C@@H]12. The van der Waals surface area contributed by atoms with Crippen molar-refractivity contribution < 1.29 is 61.9 Å². The first-order valence-corrected chi connectivity index (χ1v) is 16.5. The molecule has 18 heteroatoms. The first kappa shape index (κ1) is 34.0. The number of halogens is 8. The predicted molar refractivity (Wildman–Crippen MR) is 138 cm³/mol. The average Bonchev–Trinajstić information content (AvgIpc) is 3.25. The molecule has 44 heavy (non-hydrogen) atoms. The summed E-state index contributed by atoms with van der Waals surface area (Å²) in [7, 11) is -8.56. The molecular weight excluding hydrogens is 652 g/mol. The number of pyridine rings is 1. The summed E-state index contributed by atoms with van der Waals surface area (Å²) in [6.07, 6.45) is -13.4. The zero-order valence-electron chi connectivity index (χ0n) is 22.9. The number of hydrogen-bond donors (Lipinski definition) is 2. The van der Waals surface area contributed by atoms with Crippen LogP contribution >= 0.6 is 0 Å². The van der Waals surface area contributed by atoms with Gasteiger partial charge in [0.25, 0.3) is 5.91 Å². The Balaban J connectivity index is 1.88. The summed E-state index contributed by atoms with van der Waals surface area (Å²) >= 11 is 0. The quantitative estimate of drug-likeness (QED) is 0.337. The molecule has 4 rings (SSSR count). The Bertz CT molecular complexity index is 1660. The third-order valence-corrected chi connectivity index (χ3v) is 11.8. The van der Waals surface area contributed by atoms with Crippen LogP contribution in [0.1, 0.15) is 43.1 Å². The van der Waals surface area contributed by atoms with Crippen molar-refractivity contribution in [3.05, 3.63) is 59.2 Å². The monoisotopic (exact) mass is 678 g/mol. The van der Waals surface area contributed by atoms with Crippen molar-refractivity contribution in [3.8, 4) is 0 Å². The Morgan fingerprint density at radius 3 is 2.07 bits per heavy atom. The number of hydrogen-bond acceptors (Lipinski definition) is 7. The predicted octanol–water partition coefficient (Wildman–Crippen LogP) is 3.82. The molecule has 1 fully saturated rings. The van der Waals surface area contributed by atoms with Crippen molar-refractivity contribution in [3.63, 3.8) is 0 Å². The van der Waals surface area contributed by atoms with Gasteiger partial charge in [0.05, 0.1) is 16.3 Å². The molecule has 1 amide bonds. The second kappa shape index (κ2) is 10.6. The summed E-state index contributed by atoms with van der Waals surface area (Å²) in [4.78, 5) is 15.9. The minimum absolute atomic E-state index is 0.118. The molecule has 0 bridgehead atoms. The van der Waals surface area contributed by atoms with Crippen LogP contribution in [0.5, 0.6) is 0 Å². The lowest BCUT2D eigenvalue weighted by Crippen LogP contribution is -2.55. The van der Waals surface area contributed by atoms with E-state index in [1.807, 2.05) is 0 Å². The van der Waals surface area contributed by atoms with E-state index in [-0.39, 0.29) is 30.9 Å². The van der Waals surface area contributed by atoms with Crippen LogP contribution in [0.25, 0.3) is 0 Å². The van der Waals surface area contributed by atoms with Gasteiger partial charge in [-0.3, -0.25) is 9.78 Å². The van der Waals surface area contributed by atoms with Crippen LogP contribution in [0.3, 0.4) is 0 Å². The van der Waals surface area contributed by atoms with E-state index in [2.05, 4.69) is 10.3 Å². The molecule has 1 aromatic heterocycles. The molecule has 0 aliphatic heterocycles. The van der Waals surface area contributed by atoms with E-state index in [1.165, 1.54) is 0 Å². The largest absolute Gasteiger partial charge is 0.437 e. The van der Waals surface area contributed by atoms with Gasteiger partial charge in [-0.1, -0.05) is 6.07 Å². The molecule has 0 unspecified atom stereocenters. The molecule has 1 heterocycles. The van der Waals surface area contributed by atoms with Crippen LogP contribution in [0, 0.1) is 11.7 Å². The van der Waals surface area contributed by atoms with Crippen molar-refractivity contribution in [1.29, 1.82) is 0 Å². The van der Waals surface area contributed by atoms with E-state index in [1.54, 1.807) is 0 Å². The second-order valence-electron chi connectivity index (χ2n) is 11.3. The number of aryl methyl sites for hydroxylation is 1. The van der Waals surface area contributed by atoms with Crippen LogP contribution in [0.2, 0.25) is 0 Å². The Kier molecular flexibility index (Phi) is 8.20. The van der Waals surface area contributed by atoms with E-state index < -0.39 is 100 Å². The molecule has 244 valence electrons. The van der Waals surface area contributed by atoms with Gasteiger partial charge in [-0.2, -0.15) is 26.3 Å². The first-order valence-electron chi connectivity index (χ1n) is 12.9. The summed E-state index contributed by atoms with van der Waals surface area (Å²) in [6, 6.07) is 3.15. The van der Waals surface area contributed by atoms with Crippen LogP contribution in [-0.4, -0.2) is 68.8 Å². The van der Waals surface area contributed by atoms with E-state index >= 15 is 0 Å². The number of nitrogens with zero attached hydrogens (tertiary/aromatic N) is 1. The molecule has 2 aliphatic rings. The zero-order chi connectivity index (χ0) is 33.3. The van der Waals surface area contributed by atoms with Gasteiger partial charge in [-0.15, -0.1) is 0 Å². The maximum atomic E-state index is 14.9. The first-order chi connectivity index (χ1) is 19.9. The van der Waals surface area contributed by atoms with Crippen LogP contribution < -0.4 is 5.32 Å². The van der Waals surface area contributed by atoms with Gasteiger partial charge in [-0.25, -0.2) is 25.6 Å². The van der Waals surface area contributed by atoms with Gasteiger partial charge in [0, 0.05) is 23.9 Å². The van der Waals surface area contributed by atoms with E-state index in [4.69, 9.17) is 0 Å². The number of carbonyl (C=O) groups excluding carboxylic acids is 1. The minimum Gasteiger partial charge on any atom is -0.379 e. The molecule has 8 nitrogen and oxygen atoms in total. The van der Waals surface area contributed by atoms with Gasteiger partial charge in [0.1, 0.15) is 10.6 Å². The van der Waals surface area contributed by atoms with Gasteiger partial charge in [0.2, 0.25) is 0 Å². The summed E-state index contributed by atoms with van der Waals surface area (Å²) < 4.78 is 159. The van der Waals surface area contributed by atoms with Gasteiger partial charge < -0.3 is 10.4 Å². The number of benzene rings is 1. The number of nitrogens with one attached hydrogen (secondary N) is 1. The van der Waals surface area contributed by atoms with Crippen molar-refractivity contribution in [2.24, 2.45) is 5.92 Å².